The van der Waals surface area contributed by atoms with Crippen molar-refractivity contribution in [2.45, 2.75) is 38.5 Å². The van der Waals surface area contributed by atoms with E-state index < -0.39 is 0 Å². The van der Waals surface area contributed by atoms with E-state index in [4.69, 9.17) is 14.1 Å². The molecule has 1 aliphatic rings. The maximum atomic E-state index is 5.37. The van der Waals surface area contributed by atoms with Crippen molar-refractivity contribution >= 4 is 29.9 Å². The molecule has 5 nitrogen and oxygen atoms in total. The lowest BCUT2D eigenvalue weighted by atomic mass is 9.83. The van der Waals surface area contributed by atoms with E-state index in [1.165, 1.54) is 25.7 Å². The van der Waals surface area contributed by atoms with Gasteiger partial charge in [0.1, 0.15) is 5.76 Å². The summed E-state index contributed by atoms with van der Waals surface area (Å²) < 4.78 is 10.7. The number of furan rings is 1. The van der Waals surface area contributed by atoms with E-state index in [9.17, 15) is 0 Å². The largest absolute Gasteiger partial charge is 0.469 e. The van der Waals surface area contributed by atoms with E-state index in [1.807, 2.05) is 18.2 Å². The van der Waals surface area contributed by atoms with Gasteiger partial charge in [0.05, 0.1) is 6.26 Å². The molecule has 1 fully saturated rings. The number of nitrogens with zero attached hydrogens (tertiary/aromatic N) is 1. The van der Waals surface area contributed by atoms with Crippen LogP contribution in [0.1, 0.15) is 37.9 Å². The summed E-state index contributed by atoms with van der Waals surface area (Å²) in [5, 5.41) is 6.70. The zero-order valence-corrected chi connectivity index (χ0v) is 17.6. The van der Waals surface area contributed by atoms with Crippen LogP contribution in [0.4, 0.5) is 0 Å². The SMILES string of the molecule is C=CCNC(=NCC1(CCOC)CCCC1)NCCc1ccco1.I. The number of hydrogen-bond acceptors (Lipinski definition) is 3. The molecule has 2 rings (SSSR count). The molecule has 1 aromatic heterocycles. The number of halogens is 1. The summed E-state index contributed by atoms with van der Waals surface area (Å²) in [5.41, 5.74) is 0.305. The number of guanidine groups is 1. The molecule has 2 N–H and O–H groups in total. The summed E-state index contributed by atoms with van der Waals surface area (Å²) in [7, 11) is 1.78. The number of ether oxygens (including phenoxy) is 1. The van der Waals surface area contributed by atoms with Crippen molar-refractivity contribution < 1.29 is 9.15 Å². The highest BCUT2D eigenvalue weighted by molar-refractivity contribution is 14.0. The zero-order valence-electron chi connectivity index (χ0n) is 15.3. The molecule has 0 amide bonds. The molecule has 25 heavy (non-hydrogen) atoms. The van der Waals surface area contributed by atoms with Crippen molar-refractivity contribution in [2.75, 3.05) is 33.4 Å². The van der Waals surface area contributed by atoms with Crippen molar-refractivity contribution in [3.05, 3.63) is 36.8 Å². The molecule has 0 aromatic carbocycles. The molecule has 0 bridgehead atoms. The fraction of sp³-hybridized carbons (Fsp3) is 0.632. The maximum absolute atomic E-state index is 5.37. The molecule has 1 saturated carbocycles. The highest BCUT2D eigenvalue weighted by Gasteiger charge is 2.33. The third kappa shape index (κ3) is 7.81. The van der Waals surface area contributed by atoms with Crippen LogP contribution in [-0.2, 0) is 11.2 Å². The second-order valence-corrected chi connectivity index (χ2v) is 6.54. The van der Waals surface area contributed by atoms with Crippen molar-refractivity contribution in [2.24, 2.45) is 10.4 Å². The van der Waals surface area contributed by atoms with Crippen LogP contribution >= 0.6 is 24.0 Å². The van der Waals surface area contributed by atoms with Gasteiger partial charge >= 0.3 is 0 Å². The fourth-order valence-corrected chi connectivity index (χ4v) is 3.28. The van der Waals surface area contributed by atoms with Gasteiger partial charge in [-0.2, -0.15) is 0 Å². The Morgan fingerprint density at radius 3 is 2.84 bits per heavy atom. The quantitative estimate of drug-likeness (QED) is 0.241. The molecule has 6 heteroatoms. The Hall–Kier alpha value is -1.02. The fourth-order valence-electron chi connectivity index (χ4n) is 3.28. The molecule has 0 radical (unpaired) electrons. The van der Waals surface area contributed by atoms with E-state index in [1.54, 1.807) is 13.4 Å². The van der Waals surface area contributed by atoms with Gasteiger partial charge in [-0.15, -0.1) is 30.6 Å². The highest BCUT2D eigenvalue weighted by atomic mass is 127. The molecule has 1 heterocycles. The minimum Gasteiger partial charge on any atom is -0.469 e. The van der Waals surface area contributed by atoms with Crippen molar-refractivity contribution in [1.82, 2.24) is 10.6 Å². The molecule has 1 aliphatic carbocycles. The van der Waals surface area contributed by atoms with Crippen molar-refractivity contribution in [3.63, 3.8) is 0 Å². The van der Waals surface area contributed by atoms with Crippen LogP contribution in [0.5, 0.6) is 0 Å². The third-order valence-corrected chi connectivity index (χ3v) is 4.73. The number of nitrogens with one attached hydrogen (secondary N) is 2. The third-order valence-electron chi connectivity index (χ3n) is 4.73. The van der Waals surface area contributed by atoms with E-state index in [0.29, 0.717) is 12.0 Å². The lowest BCUT2D eigenvalue weighted by Gasteiger charge is -2.27. The summed E-state index contributed by atoms with van der Waals surface area (Å²) in [6.45, 7) is 6.93. The van der Waals surface area contributed by atoms with E-state index in [-0.39, 0.29) is 24.0 Å². The van der Waals surface area contributed by atoms with Gasteiger partial charge in [0, 0.05) is 39.8 Å². The average molecular weight is 461 g/mol. The Bertz CT molecular complexity index is 497. The monoisotopic (exact) mass is 461 g/mol. The van der Waals surface area contributed by atoms with Gasteiger partial charge in [0.2, 0.25) is 0 Å². The van der Waals surface area contributed by atoms with Crippen LogP contribution in [0.3, 0.4) is 0 Å². The Morgan fingerprint density at radius 2 is 2.20 bits per heavy atom. The van der Waals surface area contributed by atoms with Crippen molar-refractivity contribution in [1.29, 1.82) is 0 Å². The van der Waals surface area contributed by atoms with Gasteiger partial charge in [-0.3, -0.25) is 4.99 Å². The summed E-state index contributed by atoms with van der Waals surface area (Å²) in [6, 6.07) is 3.91. The Kier molecular flexibility index (Phi) is 10.9. The zero-order chi connectivity index (χ0) is 17.1. The summed E-state index contributed by atoms with van der Waals surface area (Å²) in [6.07, 6.45) is 10.6. The number of aliphatic imine (C=N–C) groups is 1. The Balaban J connectivity index is 0.00000312. The van der Waals surface area contributed by atoms with Gasteiger partial charge in [-0.1, -0.05) is 18.9 Å². The smallest absolute Gasteiger partial charge is 0.191 e. The first-order chi connectivity index (χ1) is 11.8. The average Bonchev–Trinajstić information content (AvgIpc) is 3.27. The molecule has 142 valence electrons. The number of methoxy groups -OCH3 is 1. The maximum Gasteiger partial charge on any atom is 0.191 e. The Labute approximate surface area is 168 Å². The first-order valence-corrected chi connectivity index (χ1v) is 8.92. The predicted octanol–water partition coefficient (Wildman–Crippen LogP) is 3.76. The first-order valence-electron chi connectivity index (χ1n) is 8.92. The molecule has 0 unspecified atom stereocenters. The highest BCUT2D eigenvalue weighted by Crippen LogP contribution is 2.41. The molecule has 1 aromatic rings. The molecular formula is C19H32IN3O2. The van der Waals surface area contributed by atoms with Gasteiger partial charge in [0.15, 0.2) is 5.96 Å². The van der Waals surface area contributed by atoms with Crippen LogP contribution in [0.25, 0.3) is 0 Å². The van der Waals surface area contributed by atoms with Gasteiger partial charge in [-0.05, 0) is 36.8 Å². The minimum atomic E-state index is 0. The second kappa shape index (κ2) is 12.4. The van der Waals surface area contributed by atoms with Gasteiger partial charge in [0.25, 0.3) is 0 Å². The van der Waals surface area contributed by atoms with Crippen LogP contribution < -0.4 is 10.6 Å². The van der Waals surface area contributed by atoms with Crippen molar-refractivity contribution in [3.8, 4) is 0 Å². The minimum absolute atomic E-state index is 0. The molecule has 0 atom stereocenters. The predicted molar refractivity (Wildman–Crippen MR) is 114 cm³/mol. The molecule has 0 saturated heterocycles. The lowest BCUT2D eigenvalue weighted by molar-refractivity contribution is 0.141. The van der Waals surface area contributed by atoms with Gasteiger partial charge < -0.3 is 19.8 Å². The molecule has 0 aliphatic heterocycles. The molecular weight excluding hydrogens is 429 g/mol. The first kappa shape index (κ1) is 22.0. The van der Waals surface area contributed by atoms with Gasteiger partial charge in [-0.25, -0.2) is 0 Å². The number of hydrogen-bond donors (Lipinski definition) is 2. The van der Waals surface area contributed by atoms with Crippen LogP contribution in [-0.4, -0.2) is 39.3 Å². The van der Waals surface area contributed by atoms with E-state index >= 15 is 0 Å². The van der Waals surface area contributed by atoms with Crippen LogP contribution in [0.2, 0.25) is 0 Å². The normalized spacial score (nSPS) is 16.3. The lowest BCUT2D eigenvalue weighted by Crippen LogP contribution is -2.39. The summed E-state index contributed by atoms with van der Waals surface area (Å²) in [4.78, 5) is 4.85. The van der Waals surface area contributed by atoms with E-state index in [2.05, 4.69) is 17.2 Å². The van der Waals surface area contributed by atoms with Crippen LogP contribution in [0, 0.1) is 5.41 Å². The topological polar surface area (TPSA) is 58.8 Å². The Morgan fingerprint density at radius 1 is 1.40 bits per heavy atom. The van der Waals surface area contributed by atoms with Crippen LogP contribution in [0.15, 0.2) is 40.5 Å². The number of rotatable bonds is 10. The second-order valence-electron chi connectivity index (χ2n) is 6.54. The standard InChI is InChI=1S/C19H31N3O2.HI/c1-3-12-20-18(21-13-8-17-7-6-14-24-17)22-16-19(11-15-23-2)9-4-5-10-19;/h3,6-7,14H,1,4-5,8-13,15-16H2,2H3,(H2,20,21,22);1H. The molecule has 0 spiro atoms. The summed E-state index contributed by atoms with van der Waals surface area (Å²) in [5.74, 6) is 1.84. The summed E-state index contributed by atoms with van der Waals surface area (Å²) >= 11 is 0. The van der Waals surface area contributed by atoms with E-state index in [0.717, 1.165) is 44.3 Å².